The first-order valence-electron chi connectivity index (χ1n) is 10.0. The number of H-pyrrole nitrogens is 1. The number of carbonyl (C=O) groups is 3. The van der Waals surface area contributed by atoms with Crippen molar-refractivity contribution in [2.45, 2.75) is 25.4 Å². The molecule has 152 valence electrons. The van der Waals surface area contributed by atoms with Gasteiger partial charge < -0.3 is 15.2 Å². The average Bonchev–Trinajstić information content (AvgIpc) is 3.48. The number of nitrogens with zero attached hydrogens (tertiary/aromatic N) is 3. The first-order valence-corrected chi connectivity index (χ1v) is 10.0. The van der Waals surface area contributed by atoms with Crippen LogP contribution in [0.4, 0.5) is 4.79 Å². The third kappa shape index (κ3) is 3.20. The van der Waals surface area contributed by atoms with Gasteiger partial charge in [-0.3, -0.25) is 14.5 Å². The lowest BCUT2D eigenvalue weighted by molar-refractivity contribution is -0.125. The molecule has 2 saturated heterocycles. The van der Waals surface area contributed by atoms with Crippen LogP contribution < -0.4 is 5.32 Å². The second-order valence-corrected chi connectivity index (χ2v) is 7.63. The fraction of sp³-hybridized carbons (Fsp3) is 0.273. The minimum Gasteiger partial charge on any atom is -0.340 e. The molecule has 2 fully saturated rings. The van der Waals surface area contributed by atoms with Crippen LogP contribution in [0.3, 0.4) is 0 Å². The Hall–Kier alpha value is -3.68. The molecule has 3 aromatic rings. The van der Waals surface area contributed by atoms with Crippen molar-refractivity contribution in [3.63, 3.8) is 0 Å². The number of likely N-dealkylation sites (tertiary alicyclic amines) is 1. The van der Waals surface area contributed by atoms with E-state index in [4.69, 9.17) is 0 Å². The summed E-state index contributed by atoms with van der Waals surface area (Å²) in [5.41, 5.74) is 3.25. The number of hydrogen-bond donors (Lipinski definition) is 2. The fourth-order valence-corrected chi connectivity index (χ4v) is 4.14. The van der Waals surface area contributed by atoms with Gasteiger partial charge in [0.05, 0.1) is 30.2 Å². The van der Waals surface area contributed by atoms with E-state index in [2.05, 4.69) is 15.3 Å². The van der Waals surface area contributed by atoms with Gasteiger partial charge in [0.2, 0.25) is 5.91 Å². The molecule has 1 aromatic heterocycles. The number of urea groups is 1. The van der Waals surface area contributed by atoms with Crippen LogP contribution in [0.15, 0.2) is 48.5 Å². The molecule has 1 atom stereocenters. The van der Waals surface area contributed by atoms with Crippen molar-refractivity contribution >= 4 is 28.9 Å². The van der Waals surface area contributed by atoms with Crippen LogP contribution in [0.25, 0.3) is 11.0 Å². The zero-order valence-corrected chi connectivity index (χ0v) is 16.3. The minimum absolute atomic E-state index is 0.0353. The lowest BCUT2D eigenvalue weighted by Crippen LogP contribution is -2.31. The summed E-state index contributed by atoms with van der Waals surface area (Å²) in [5.74, 6) is 0.530. The largest absolute Gasteiger partial charge is 0.340 e. The van der Waals surface area contributed by atoms with Gasteiger partial charge in [0, 0.05) is 12.1 Å². The van der Waals surface area contributed by atoms with Crippen molar-refractivity contribution in [3.8, 4) is 0 Å². The molecule has 5 rings (SSSR count). The summed E-state index contributed by atoms with van der Waals surface area (Å²) in [5, 5.41) is 2.50. The number of imide groups is 1. The fourth-order valence-electron chi connectivity index (χ4n) is 4.14. The van der Waals surface area contributed by atoms with Gasteiger partial charge in [-0.2, -0.15) is 0 Å². The Bertz CT molecular complexity index is 1090. The summed E-state index contributed by atoms with van der Waals surface area (Å²) in [6, 6.07) is 14.5. The van der Waals surface area contributed by atoms with Crippen molar-refractivity contribution in [3.05, 3.63) is 65.5 Å². The van der Waals surface area contributed by atoms with Crippen LogP contribution in [0.2, 0.25) is 0 Å². The van der Waals surface area contributed by atoms with E-state index in [9.17, 15) is 14.4 Å². The first kappa shape index (κ1) is 18.4. The molecule has 4 amide bonds. The molecule has 8 heteroatoms. The number of rotatable bonds is 4. The van der Waals surface area contributed by atoms with Crippen LogP contribution in [-0.2, 0) is 11.3 Å². The third-order valence-electron chi connectivity index (χ3n) is 5.72. The van der Waals surface area contributed by atoms with E-state index in [1.165, 1.54) is 4.90 Å². The number of nitrogens with one attached hydrogen (secondary N) is 2. The van der Waals surface area contributed by atoms with Crippen molar-refractivity contribution in [1.29, 1.82) is 0 Å². The van der Waals surface area contributed by atoms with Crippen LogP contribution in [0.5, 0.6) is 0 Å². The van der Waals surface area contributed by atoms with Gasteiger partial charge in [0.1, 0.15) is 5.82 Å². The highest BCUT2D eigenvalue weighted by Gasteiger charge is 2.33. The lowest BCUT2D eigenvalue weighted by atomic mass is 10.1. The average molecular weight is 403 g/mol. The van der Waals surface area contributed by atoms with Crippen LogP contribution in [0.1, 0.15) is 40.6 Å². The van der Waals surface area contributed by atoms with E-state index < -0.39 is 0 Å². The molecule has 0 bridgehead atoms. The monoisotopic (exact) mass is 403 g/mol. The van der Waals surface area contributed by atoms with Gasteiger partial charge in [0.25, 0.3) is 5.91 Å². The second kappa shape index (κ2) is 7.29. The second-order valence-electron chi connectivity index (χ2n) is 7.63. The molecule has 0 saturated carbocycles. The number of imidazole rings is 1. The number of amides is 4. The van der Waals surface area contributed by atoms with Crippen molar-refractivity contribution in [2.75, 3.05) is 13.1 Å². The summed E-state index contributed by atoms with van der Waals surface area (Å²) < 4.78 is 0. The van der Waals surface area contributed by atoms with Crippen molar-refractivity contribution in [2.24, 2.45) is 0 Å². The van der Waals surface area contributed by atoms with Crippen LogP contribution >= 0.6 is 0 Å². The Kier molecular flexibility index (Phi) is 4.46. The highest BCUT2D eigenvalue weighted by atomic mass is 16.2. The quantitative estimate of drug-likeness (QED) is 0.654. The molecule has 2 aliphatic rings. The van der Waals surface area contributed by atoms with Gasteiger partial charge in [-0.25, -0.2) is 9.78 Å². The Labute approximate surface area is 172 Å². The summed E-state index contributed by atoms with van der Waals surface area (Å²) in [6.07, 6.45) is 1.80. The highest BCUT2D eigenvalue weighted by molar-refractivity contribution is 6.01. The predicted molar refractivity (Wildman–Crippen MR) is 109 cm³/mol. The molecule has 3 heterocycles. The highest BCUT2D eigenvalue weighted by Crippen LogP contribution is 2.32. The summed E-state index contributed by atoms with van der Waals surface area (Å²) >= 11 is 0. The van der Waals surface area contributed by atoms with E-state index in [0.717, 1.165) is 35.3 Å². The number of hydrogen-bond acceptors (Lipinski definition) is 4. The third-order valence-corrected chi connectivity index (χ3v) is 5.72. The molecule has 2 aromatic carbocycles. The van der Waals surface area contributed by atoms with Crippen molar-refractivity contribution < 1.29 is 14.4 Å². The zero-order valence-electron chi connectivity index (χ0n) is 16.3. The zero-order chi connectivity index (χ0) is 20.7. The van der Waals surface area contributed by atoms with E-state index in [-0.39, 0.29) is 37.0 Å². The van der Waals surface area contributed by atoms with Gasteiger partial charge in [-0.15, -0.1) is 0 Å². The number of fused-ring (bicyclic) bond motifs is 1. The van der Waals surface area contributed by atoms with Gasteiger partial charge in [-0.1, -0.05) is 24.3 Å². The SMILES string of the molecule is O=C1CNC(=O)N1Cc1ccc(C(=O)N2CCC[C@H]2c2nc3ccccc3[nH]2)cc1. The lowest BCUT2D eigenvalue weighted by Gasteiger charge is -2.23. The standard InChI is InChI=1S/C22H21N5O3/c28-19-12-23-22(30)27(19)13-14-7-9-15(10-8-14)21(29)26-11-3-6-18(26)20-24-16-4-1-2-5-17(16)25-20/h1-2,4-5,7-10,18H,3,6,11-13H2,(H,23,30)(H,24,25)/t18-/m0/s1. The smallest absolute Gasteiger partial charge is 0.324 e. The molecular weight excluding hydrogens is 382 g/mol. The number of carbonyl (C=O) groups excluding carboxylic acids is 3. The van der Waals surface area contributed by atoms with Crippen molar-refractivity contribution in [1.82, 2.24) is 25.1 Å². The van der Waals surface area contributed by atoms with Gasteiger partial charge >= 0.3 is 6.03 Å². The molecule has 0 unspecified atom stereocenters. The Morgan fingerprint density at radius 1 is 1.10 bits per heavy atom. The molecule has 2 N–H and O–H groups in total. The minimum atomic E-state index is -0.383. The number of aromatic amines is 1. The van der Waals surface area contributed by atoms with E-state index in [0.29, 0.717) is 12.1 Å². The molecule has 2 aliphatic heterocycles. The Morgan fingerprint density at radius 2 is 1.90 bits per heavy atom. The normalized spacial score (nSPS) is 19.0. The first-order chi connectivity index (χ1) is 14.6. The topological polar surface area (TPSA) is 98.4 Å². The van der Waals surface area contributed by atoms with Gasteiger partial charge in [0.15, 0.2) is 0 Å². The maximum absolute atomic E-state index is 13.2. The number of para-hydroxylation sites is 2. The molecule has 8 nitrogen and oxygen atoms in total. The van der Waals surface area contributed by atoms with E-state index in [1.54, 1.807) is 24.3 Å². The maximum Gasteiger partial charge on any atom is 0.324 e. The Balaban J connectivity index is 1.33. The predicted octanol–water partition coefficient (Wildman–Crippen LogP) is 2.59. The maximum atomic E-state index is 13.2. The van der Waals surface area contributed by atoms with Crippen LogP contribution in [-0.4, -0.2) is 50.7 Å². The molecule has 30 heavy (non-hydrogen) atoms. The van der Waals surface area contributed by atoms with Crippen LogP contribution in [0, 0.1) is 0 Å². The molecule has 0 aliphatic carbocycles. The van der Waals surface area contributed by atoms with Gasteiger partial charge in [-0.05, 0) is 42.7 Å². The summed E-state index contributed by atoms with van der Waals surface area (Å²) in [4.78, 5) is 47.7. The number of benzene rings is 2. The van der Waals surface area contributed by atoms with E-state index in [1.807, 2.05) is 29.2 Å². The summed E-state index contributed by atoms with van der Waals surface area (Å²) in [7, 11) is 0. The number of aromatic nitrogens is 2. The summed E-state index contributed by atoms with van der Waals surface area (Å²) in [6.45, 7) is 0.919. The van der Waals surface area contributed by atoms with E-state index >= 15 is 0 Å². The molecule has 0 spiro atoms. The molecule has 0 radical (unpaired) electrons. The Morgan fingerprint density at radius 3 is 2.63 bits per heavy atom. The molecular formula is C22H21N5O3.